The minimum absolute atomic E-state index is 0.0909. The largest absolute Gasteiger partial charge is 0.507 e. The molecule has 1 aromatic heterocycles. The van der Waals surface area contributed by atoms with Gasteiger partial charge in [-0.1, -0.05) is 12.3 Å². The van der Waals surface area contributed by atoms with Gasteiger partial charge in [0.2, 0.25) is 5.88 Å². The number of nitrogens with one attached hydrogen (secondary N) is 1. The molecule has 2 saturated heterocycles. The number of ether oxygens (including phenoxy) is 1. The zero-order valence-electron chi connectivity index (χ0n) is 15.2. The van der Waals surface area contributed by atoms with Crippen LogP contribution in [0.2, 0.25) is 0 Å². The van der Waals surface area contributed by atoms with Crippen LogP contribution in [-0.2, 0) is 0 Å². The number of benzene rings is 1. The number of phenolic OH excluding ortho intramolecular Hbond substituents is 1. The van der Waals surface area contributed by atoms with Crippen LogP contribution in [0, 0.1) is 11.8 Å². The van der Waals surface area contributed by atoms with Crippen LogP contribution in [0.1, 0.15) is 38.2 Å². The van der Waals surface area contributed by atoms with Crippen LogP contribution in [0.15, 0.2) is 30.3 Å². The second kappa shape index (κ2) is 7.53. The summed E-state index contributed by atoms with van der Waals surface area (Å²) in [5.74, 6) is 6.09. The lowest BCUT2D eigenvalue weighted by Gasteiger charge is -2.42. The summed E-state index contributed by atoms with van der Waals surface area (Å²) >= 11 is 0. The molecule has 3 heterocycles. The van der Waals surface area contributed by atoms with Crippen LogP contribution in [0.3, 0.4) is 0 Å². The van der Waals surface area contributed by atoms with E-state index in [2.05, 4.69) is 27.4 Å². The van der Waals surface area contributed by atoms with Gasteiger partial charge >= 0.3 is 0 Å². The van der Waals surface area contributed by atoms with Crippen molar-refractivity contribution in [2.75, 3.05) is 0 Å². The van der Waals surface area contributed by atoms with E-state index in [1.807, 2.05) is 6.07 Å². The Morgan fingerprint density at radius 3 is 2.85 bits per heavy atom. The molecule has 2 N–H and O–H groups in total. The summed E-state index contributed by atoms with van der Waals surface area (Å²) < 4.78 is 20.4. The van der Waals surface area contributed by atoms with Gasteiger partial charge in [0, 0.05) is 35.7 Å². The second-order valence-electron chi connectivity index (χ2n) is 7.10. The number of hydrogen-bond donors (Lipinski definition) is 2. The van der Waals surface area contributed by atoms with E-state index < -0.39 is 12.3 Å². The molecule has 2 bridgehead atoms. The van der Waals surface area contributed by atoms with Gasteiger partial charge in [-0.05, 0) is 44.0 Å². The SMILES string of the molecule is CC#Cc1ccc(-c2ccc(O[C@@H]3C[C@H]4CCC[C@H](N4)[C@@H]3F)nn2)c(O)c1. The minimum atomic E-state index is -1.04. The number of nitrogens with zero attached hydrogens (tertiary/aromatic N) is 2. The van der Waals surface area contributed by atoms with Crippen LogP contribution in [0.4, 0.5) is 4.39 Å². The highest BCUT2D eigenvalue weighted by Crippen LogP contribution is 2.31. The molecule has 6 heteroatoms. The van der Waals surface area contributed by atoms with Crippen molar-refractivity contribution in [2.24, 2.45) is 0 Å². The Bertz CT molecular complexity index is 875. The molecular weight excluding hydrogens is 345 g/mol. The fraction of sp³-hybridized carbons (Fsp3) is 0.429. The Morgan fingerprint density at radius 1 is 1.22 bits per heavy atom. The lowest BCUT2D eigenvalue weighted by atomic mass is 9.84. The molecule has 0 unspecified atom stereocenters. The van der Waals surface area contributed by atoms with Crippen molar-refractivity contribution in [3.63, 3.8) is 0 Å². The summed E-state index contributed by atoms with van der Waals surface area (Å²) in [6.07, 6.45) is 2.07. The first-order valence-corrected chi connectivity index (χ1v) is 9.30. The number of rotatable bonds is 3. The van der Waals surface area contributed by atoms with Crippen LogP contribution >= 0.6 is 0 Å². The first kappa shape index (κ1) is 17.7. The molecule has 2 fully saturated rings. The summed E-state index contributed by atoms with van der Waals surface area (Å²) in [7, 11) is 0. The Hall–Kier alpha value is -2.65. The molecule has 27 heavy (non-hydrogen) atoms. The first-order chi connectivity index (χ1) is 13.1. The van der Waals surface area contributed by atoms with Gasteiger partial charge in [-0.3, -0.25) is 0 Å². The molecule has 1 aromatic carbocycles. The lowest BCUT2D eigenvalue weighted by Crippen LogP contribution is -2.59. The molecule has 4 atom stereocenters. The molecular formula is C21H22FN3O2. The summed E-state index contributed by atoms with van der Waals surface area (Å²) in [5.41, 5.74) is 1.82. The van der Waals surface area contributed by atoms with Crippen molar-refractivity contribution >= 4 is 0 Å². The lowest BCUT2D eigenvalue weighted by molar-refractivity contribution is 0.00652. The monoisotopic (exact) mass is 367 g/mol. The Kier molecular flexibility index (Phi) is 4.95. The van der Waals surface area contributed by atoms with Crippen LogP contribution in [0.5, 0.6) is 11.6 Å². The van der Waals surface area contributed by atoms with E-state index in [0.29, 0.717) is 29.6 Å². The van der Waals surface area contributed by atoms with Crippen LogP contribution in [0.25, 0.3) is 11.3 Å². The number of piperidine rings is 2. The Morgan fingerprint density at radius 2 is 2.11 bits per heavy atom. The maximum absolute atomic E-state index is 14.6. The minimum Gasteiger partial charge on any atom is -0.507 e. The number of halogens is 1. The van der Waals surface area contributed by atoms with Gasteiger partial charge in [0.15, 0.2) is 6.17 Å². The molecule has 2 aliphatic rings. The summed E-state index contributed by atoms with van der Waals surface area (Å²) in [6, 6.07) is 8.75. The third-order valence-corrected chi connectivity index (χ3v) is 5.23. The fourth-order valence-electron chi connectivity index (χ4n) is 3.93. The third-order valence-electron chi connectivity index (χ3n) is 5.23. The molecule has 140 valence electrons. The standard InChI is InChI=1S/C21H22FN3O2/c1-2-4-13-7-8-15(18(26)11-13)16-9-10-20(25-24-16)27-19-12-14-5-3-6-17(23-14)21(19)22/h7-11,14,17,19,21,23,26H,3,5-6,12H2,1H3/t14-,17+,19-,21+/m1/s1. The molecule has 0 spiro atoms. The average Bonchev–Trinajstić information content (AvgIpc) is 2.67. The fourth-order valence-corrected chi connectivity index (χ4v) is 3.93. The van der Waals surface area contributed by atoms with Crippen molar-refractivity contribution in [3.05, 3.63) is 35.9 Å². The van der Waals surface area contributed by atoms with Gasteiger partial charge in [-0.25, -0.2) is 4.39 Å². The Balaban J connectivity index is 1.48. The second-order valence-corrected chi connectivity index (χ2v) is 7.10. The van der Waals surface area contributed by atoms with Crippen LogP contribution < -0.4 is 10.1 Å². The number of fused-ring (bicyclic) bond motifs is 2. The summed E-state index contributed by atoms with van der Waals surface area (Å²) in [5, 5.41) is 21.8. The molecule has 2 aromatic rings. The molecule has 0 saturated carbocycles. The first-order valence-electron chi connectivity index (χ1n) is 9.30. The highest BCUT2D eigenvalue weighted by molar-refractivity contribution is 5.68. The van der Waals surface area contributed by atoms with Crippen LogP contribution in [-0.4, -0.2) is 39.7 Å². The van der Waals surface area contributed by atoms with E-state index >= 15 is 0 Å². The molecule has 2 aliphatic heterocycles. The number of alkyl halides is 1. The van der Waals surface area contributed by atoms with E-state index in [4.69, 9.17) is 4.74 Å². The summed E-state index contributed by atoms with van der Waals surface area (Å²) in [4.78, 5) is 0. The van der Waals surface area contributed by atoms with Crippen molar-refractivity contribution in [1.82, 2.24) is 15.5 Å². The predicted molar refractivity (Wildman–Crippen MR) is 100 cm³/mol. The maximum atomic E-state index is 14.6. The van der Waals surface area contributed by atoms with Gasteiger partial charge in [-0.15, -0.1) is 16.1 Å². The Labute approximate surface area is 158 Å². The van der Waals surface area contributed by atoms with Crippen molar-refractivity contribution in [2.45, 2.75) is 57.0 Å². The van der Waals surface area contributed by atoms with Gasteiger partial charge in [0.25, 0.3) is 0 Å². The number of aromatic nitrogens is 2. The summed E-state index contributed by atoms with van der Waals surface area (Å²) in [6.45, 7) is 1.74. The number of aromatic hydroxyl groups is 1. The number of hydrogen-bond acceptors (Lipinski definition) is 5. The zero-order chi connectivity index (χ0) is 18.8. The van der Waals surface area contributed by atoms with Gasteiger partial charge < -0.3 is 15.2 Å². The quantitative estimate of drug-likeness (QED) is 0.816. The van der Waals surface area contributed by atoms with E-state index in [1.165, 1.54) is 0 Å². The topological polar surface area (TPSA) is 67.3 Å². The third kappa shape index (κ3) is 3.74. The highest BCUT2D eigenvalue weighted by Gasteiger charge is 2.41. The van der Waals surface area contributed by atoms with Crippen molar-refractivity contribution in [1.29, 1.82) is 0 Å². The van der Waals surface area contributed by atoms with Gasteiger partial charge in [0.1, 0.15) is 11.9 Å². The van der Waals surface area contributed by atoms with E-state index in [1.54, 1.807) is 31.2 Å². The molecule has 4 rings (SSSR count). The van der Waals surface area contributed by atoms with Gasteiger partial charge in [0.05, 0.1) is 5.69 Å². The average molecular weight is 367 g/mol. The predicted octanol–water partition coefficient (Wildman–Crippen LogP) is 3.22. The van der Waals surface area contributed by atoms with E-state index in [9.17, 15) is 9.50 Å². The number of phenols is 1. The molecule has 0 amide bonds. The normalized spacial score (nSPS) is 26.7. The van der Waals surface area contributed by atoms with E-state index in [-0.39, 0.29) is 11.8 Å². The van der Waals surface area contributed by atoms with E-state index in [0.717, 1.165) is 24.8 Å². The molecule has 0 radical (unpaired) electrons. The molecule has 0 aliphatic carbocycles. The highest BCUT2D eigenvalue weighted by atomic mass is 19.1. The van der Waals surface area contributed by atoms with Crippen molar-refractivity contribution < 1.29 is 14.2 Å². The van der Waals surface area contributed by atoms with Crippen molar-refractivity contribution in [3.8, 4) is 34.7 Å². The van der Waals surface area contributed by atoms with Gasteiger partial charge in [-0.2, -0.15) is 0 Å². The smallest absolute Gasteiger partial charge is 0.233 e. The zero-order valence-corrected chi connectivity index (χ0v) is 15.2. The maximum Gasteiger partial charge on any atom is 0.233 e. The molecule has 5 nitrogen and oxygen atoms in total.